The van der Waals surface area contributed by atoms with E-state index in [9.17, 15) is 25.1 Å². The van der Waals surface area contributed by atoms with Crippen molar-refractivity contribution < 1.29 is 43.7 Å². The smallest absolute Gasteiger partial charge is 0.415 e. The van der Waals surface area contributed by atoms with Gasteiger partial charge in [0, 0.05) is 60.9 Å². The molecule has 1 heterocycles. The molecule has 13 nitrogen and oxygen atoms in total. The average Bonchev–Trinajstić information content (AvgIpc) is 3.25. The number of rotatable bonds is 20. The number of unbranched alkanes of at least 4 members (excludes halogenated alkanes) is 2. The lowest BCUT2D eigenvalue weighted by Crippen LogP contribution is -2.69. The molecule has 0 saturated heterocycles. The summed E-state index contributed by atoms with van der Waals surface area (Å²) >= 11 is 1.73. The van der Waals surface area contributed by atoms with Crippen molar-refractivity contribution >= 4 is 29.3 Å². The minimum atomic E-state index is -1.47. The van der Waals surface area contributed by atoms with Crippen LogP contribution in [0.15, 0.2) is 107 Å². The Bertz CT molecular complexity index is 2020. The first-order valence-corrected chi connectivity index (χ1v) is 22.1. The normalized spacial score (nSPS) is 23.5. The third-order valence-electron chi connectivity index (χ3n) is 11.4. The molecule has 1 amide bonds. The Morgan fingerprint density at radius 3 is 2.41 bits per heavy atom. The topological polar surface area (TPSA) is 162 Å². The van der Waals surface area contributed by atoms with Crippen LogP contribution in [-0.2, 0) is 9.57 Å². The monoisotopic (exact) mass is 857 g/mol. The van der Waals surface area contributed by atoms with E-state index < -0.39 is 34.4 Å². The van der Waals surface area contributed by atoms with Crippen LogP contribution in [-0.4, -0.2) is 88.5 Å². The highest BCUT2D eigenvalue weighted by atomic mass is 32.2. The summed E-state index contributed by atoms with van der Waals surface area (Å²) in [7, 11) is 1.63. The van der Waals surface area contributed by atoms with Crippen molar-refractivity contribution in [1.29, 1.82) is 0 Å². The summed E-state index contributed by atoms with van der Waals surface area (Å²) in [4.78, 5) is 33.8. The number of carbonyl (C=O) groups is 1. The minimum Gasteiger partial charge on any atom is -0.493 e. The Balaban J connectivity index is 1.48. The highest BCUT2D eigenvalue weighted by Gasteiger charge is 2.65. The number of thioether (sulfide) groups is 1. The van der Waals surface area contributed by atoms with Crippen LogP contribution in [0.4, 0.5) is 10.5 Å². The Morgan fingerprint density at radius 1 is 1.03 bits per heavy atom. The van der Waals surface area contributed by atoms with Gasteiger partial charge in [-0.05, 0) is 106 Å². The van der Waals surface area contributed by atoms with Gasteiger partial charge in [0.1, 0.15) is 28.9 Å². The maximum absolute atomic E-state index is 14.2. The Morgan fingerprint density at radius 2 is 1.74 bits per heavy atom. The number of oxime groups is 1. The van der Waals surface area contributed by atoms with Crippen LogP contribution in [0.1, 0.15) is 77.2 Å². The van der Waals surface area contributed by atoms with Crippen LogP contribution < -0.4 is 14.2 Å². The number of amides is 1. The number of non-ortho nitro benzene ring substituents is 1. The number of ether oxygens (including phenoxy) is 4. The number of nitro benzene ring substituents is 1. The summed E-state index contributed by atoms with van der Waals surface area (Å²) in [6.07, 6.45) is 7.93. The van der Waals surface area contributed by atoms with Gasteiger partial charge >= 0.3 is 6.09 Å². The van der Waals surface area contributed by atoms with E-state index in [1.165, 1.54) is 34.1 Å². The van der Waals surface area contributed by atoms with E-state index in [2.05, 4.69) is 30.9 Å². The first-order chi connectivity index (χ1) is 29.4. The van der Waals surface area contributed by atoms with E-state index in [1.807, 2.05) is 51.1 Å². The van der Waals surface area contributed by atoms with Crippen LogP contribution in [0.25, 0.3) is 0 Å². The molecule has 0 radical (unpaired) electrons. The molecule has 328 valence electrons. The molecule has 1 fully saturated rings. The molecule has 6 atom stereocenters. The molecule has 61 heavy (non-hydrogen) atoms. The fraction of sp³-hybridized carbons (Fsp3) is 0.489. The van der Waals surface area contributed by atoms with E-state index in [4.69, 9.17) is 28.9 Å². The quantitative estimate of drug-likeness (QED) is 0.0366. The summed E-state index contributed by atoms with van der Waals surface area (Å²) in [6.45, 7) is 10.5. The van der Waals surface area contributed by atoms with Gasteiger partial charge in [-0.3, -0.25) is 10.1 Å². The number of hydrogen-bond acceptors (Lipinski definition) is 12. The van der Waals surface area contributed by atoms with Crippen molar-refractivity contribution in [3.63, 3.8) is 0 Å². The van der Waals surface area contributed by atoms with Gasteiger partial charge in [-0.25, -0.2) is 4.79 Å². The first-order valence-electron chi connectivity index (χ1n) is 21.2. The SMILES string of the molecule is C=CCO[C@@]12Oc3ccc(OCCSc4ccccc4)cc3[C@H]3[C@H](CCCCO)[C@@H](CCCCO)C=C(C(=NOC(C)(C)C)C[C@@H]1N(C)C(=O)Oc1ccc([N+](=O)[O-])cc1)[C@H]32. The van der Waals surface area contributed by atoms with E-state index in [-0.39, 0.29) is 55.4 Å². The molecule has 3 aromatic rings. The lowest BCUT2D eigenvalue weighted by molar-refractivity contribution is -0.384. The number of allylic oxidation sites excluding steroid dienone is 1. The molecule has 0 unspecified atom stereocenters. The molecule has 1 aliphatic heterocycles. The third-order valence-corrected chi connectivity index (χ3v) is 12.4. The summed E-state index contributed by atoms with van der Waals surface area (Å²) in [5.41, 5.74) is 1.77. The van der Waals surface area contributed by atoms with Crippen molar-refractivity contribution in [2.24, 2.45) is 22.9 Å². The zero-order chi connectivity index (χ0) is 43.6. The molecule has 14 heteroatoms. The molecule has 2 aliphatic carbocycles. The van der Waals surface area contributed by atoms with Crippen LogP contribution in [0.5, 0.6) is 17.2 Å². The van der Waals surface area contributed by atoms with Crippen molar-refractivity contribution in [2.75, 3.05) is 39.2 Å². The number of benzene rings is 3. The molecule has 0 bridgehead atoms. The number of hydrogen-bond donors (Lipinski definition) is 2. The highest BCUT2D eigenvalue weighted by Crippen LogP contribution is 2.62. The summed E-state index contributed by atoms with van der Waals surface area (Å²) in [6, 6.07) is 20.6. The van der Waals surface area contributed by atoms with E-state index in [1.54, 1.807) is 24.9 Å². The number of nitro groups is 1. The average molecular weight is 858 g/mol. The number of carbonyl (C=O) groups excluding carboxylic acids is 1. The van der Waals surface area contributed by atoms with E-state index >= 15 is 0 Å². The number of aliphatic hydroxyl groups is 2. The maximum Gasteiger partial charge on any atom is 0.415 e. The second kappa shape index (κ2) is 20.8. The summed E-state index contributed by atoms with van der Waals surface area (Å²) in [5, 5.41) is 35.9. The molecule has 0 aromatic heterocycles. The van der Waals surface area contributed by atoms with Crippen molar-refractivity contribution in [2.45, 2.75) is 94.0 Å². The van der Waals surface area contributed by atoms with Gasteiger partial charge in [0.05, 0.1) is 29.8 Å². The minimum absolute atomic E-state index is 0.0399. The molecule has 2 N–H and O–H groups in total. The summed E-state index contributed by atoms with van der Waals surface area (Å²) in [5.74, 6) is 0.106. The second-order valence-corrected chi connectivity index (χ2v) is 17.9. The molecular weight excluding hydrogens is 799 g/mol. The number of aliphatic hydroxyl groups excluding tert-OH is 2. The van der Waals surface area contributed by atoms with Gasteiger partial charge in [0.15, 0.2) is 0 Å². The van der Waals surface area contributed by atoms with Crippen LogP contribution in [0.3, 0.4) is 0 Å². The van der Waals surface area contributed by atoms with E-state index in [0.29, 0.717) is 36.7 Å². The largest absolute Gasteiger partial charge is 0.493 e. The van der Waals surface area contributed by atoms with Crippen LogP contribution in [0.2, 0.25) is 0 Å². The predicted molar refractivity (Wildman–Crippen MR) is 235 cm³/mol. The molecule has 1 saturated carbocycles. The Labute approximate surface area is 362 Å². The molecule has 0 spiro atoms. The standard InChI is InChI=1S/C47H59N3O10S/c1-6-26-57-47-42(49(5)45(53)58-34-20-18-33(19-21-34)50(54)55)31-40(48-60-46(2,3)4)38-29-32(14-10-12-24-51)37(17-11-13-25-52)43(44(38)47)39-30-35(22-23-41(39)59-47)56-27-28-61-36-15-8-7-9-16-36/h6-9,15-16,18-23,29-30,32,37,42-44,51-52H,1,10-14,17,24-28,31H2,2-5H3/t32-,37+,42-,43+,44+,47+/m0/s1. The zero-order valence-electron chi connectivity index (χ0n) is 35.6. The number of fused-ring (bicyclic) bond motifs is 2. The van der Waals surface area contributed by atoms with Gasteiger partial charge in [0.2, 0.25) is 5.79 Å². The van der Waals surface area contributed by atoms with Crippen molar-refractivity contribution in [1.82, 2.24) is 4.90 Å². The van der Waals surface area contributed by atoms with Crippen LogP contribution in [0, 0.1) is 27.9 Å². The first kappa shape index (κ1) is 45.6. The van der Waals surface area contributed by atoms with E-state index in [0.717, 1.165) is 42.6 Å². The number of nitrogens with zero attached hydrogens (tertiary/aromatic N) is 3. The number of likely N-dealkylation sites (N-methyl/N-ethyl adjacent to an activating group) is 1. The molecule has 3 aliphatic rings. The van der Waals surface area contributed by atoms with Crippen LogP contribution >= 0.6 is 11.8 Å². The van der Waals surface area contributed by atoms with Gasteiger partial charge in [-0.1, -0.05) is 48.3 Å². The van der Waals surface area contributed by atoms with Gasteiger partial charge < -0.3 is 38.9 Å². The third kappa shape index (κ3) is 11.0. The lowest BCUT2D eigenvalue weighted by Gasteiger charge is -2.59. The highest BCUT2D eigenvalue weighted by molar-refractivity contribution is 7.99. The molecule has 6 rings (SSSR count). The Hall–Kier alpha value is -4.89. The fourth-order valence-electron chi connectivity index (χ4n) is 8.78. The predicted octanol–water partition coefficient (Wildman–Crippen LogP) is 9.33. The molecular formula is C47H59N3O10S. The van der Waals surface area contributed by atoms with Crippen molar-refractivity contribution in [3.8, 4) is 17.2 Å². The maximum atomic E-state index is 14.2. The molecule has 3 aromatic carbocycles. The fourth-order valence-corrected chi connectivity index (χ4v) is 9.53. The van der Waals surface area contributed by atoms with Gasteiger partial charge in [-0.15, -0.1) is 18.3 Å². The lowest BCUT2D eigenvalue weighted by atomic mass is 9.55. The van der Waals surface area contributed by atoms with Gasteiger partial charge in [0.25, 0.3) is 5.69 Å². The zero-order valence-corrected chi connectivity index (χ0v) is 36.4. The van der Waals surface area contributed by atoms with Crippen molar-refractivity contribution in [3.05, 3.63) is 113 Å². The second-order valence-electron chi connectivity index (χ2n) is 16.7. The Kier molecular flexibility index (Phi) is 15.5. The summed E-state index contributed by atoms with van der Waals surface area (Å²) < 4.78 is 26.4. The van der Waals surface area contributed by atoms with Gasteiger partial charge in [-0.2, -0.15) is 0 Å².